The number of aliphatic hydroxyl groups excluding tert-OH is 1. The molecule has 29 heavy (non-hydrogen) atoms. The quantitative estimate of drug-likeness (QED) is 0.662. The maximum Gasteiger partial charge on any atom is 0.223 e. The first-order valence-corrected chi connectivity index (χ1v) is 10.8. The van der Waals surface area contributed by atoms with E-state index in [0.717, 1.165) is 23.4 Å². The molecule has 1 aromatic heterocycles. The van der Waals surface area contributed by atoms with E-state index in [0.29, 0.717) is 42.8 Å². The van der Waals surface area contributed by atoms with Crippen LogP contribution in [0, 0.1) is 5.41 Å². The molecule has 7 heteroatoms. The monoisotopic (exact) mass is 418 g/mol. The summed E-state index contributed by atoms with van der Waals surface area (Å²) in [5.41, 5.74) is 1.64. The Labute approximate surface area is 176 Å². The van der Waals surface area contributed by atoms with Gasteiger partial charge in [0, 0.05) is 24.4 Å². The van der Waals surface area contributed by atoms with Gasteiger partial charge in [0.15, 0.2) is 11.5 Å². The Kier molecular flexibility index (Phi) is 6.80. The SMILES string of the molecule is COc1ccc(CN(C(=O)CC(C)(C)C)C2CC2)cc1OCc1nc(CO)cs1. The van der Waals surface area contributed by atoms with Gasteiger partial charge in [0.1, 0.15) is 11.6 Å². The van der Waals surface area contributed by atoms with Crippen LogP contribution in [0.2, 0.25) is 0 Å². The zero-order valence-electron chi connectivity index (χ0n) is 17.6. The topological polar surface area (TPSA) is 71.9 Å². The summed E-state index contributed by atoms with van der Waals surface area (Å²) in [6.07, 6.45) is 2.69. The number of aliphatic hydroxyl groups is 1. The molecule has 0 unspecified atom stereocenters. The summed E-state index contributed by atoms with van der Waals surface area (Å²) in [5.74, 6) is 1.48. The molecular weight excluding hydrogens is 388 g/mol. The standard InChI is InChI=1S/C22H30N2O4S/c1-22(2,3)10-21(26)24(17-6-7-17)11-15-5-8-18(27-4)19(9-15)28-13-20-23-16(12-25)14-29-20/h5,8-9,14,17,25H,6-7,10-13H2,1-4H3. The van der Waals surface area contributed by atoms with E-state index in [4.69, 9.17) is 14.6 Å². The summed E-state index contributed by atoms with van der Waals surface area (Å²) in [5, 5.41) is 11.8. The number of amides is 1. The molecule has 1 saturated carbocycles. The van der Waals surface area contributed by atoms with Crippen LogP contribution in [0.3, 0.4) is 0 Å². The van der Waals surface area contributed by atoms with Gasteiger partial charge in [0.2, 0.25) is 5.91 Å². The van der Waals surface area contributed by atoms with Crippen LogP contribution >= 0.6 is 11.3 Å². The number of benzene rings is 1. The first-order valence-electron chi connectivity index (χ1n) is 9.92. The average molecular weight is 419 g/mol. The molecule has 1 heterocycles. The van der Waals surface area contributed by atoms with Gasteiger partial charge in [0.25, 0.3) is 0 Å². The van der Waals surface area contributed by atoms with E-state index in [-0.39, 0.29) is 17.9 Å². The summed E-state index contributed by atoms with van der Waals surface area (Å²) >= 11 is 1.45. The van der Waals surface area contributed by atoms with Gasteiger partial charge >= 0.3 is 0 Å². The second-order valence-corrected chi connectivity index (χ2v) is 9.60. The molecule has 1 N–H and O–H groups in total. The maximum absolute atomic E-state index is 12.8. The summed E-state index contributed by atoms with van der Waals surface area (Å²) in [7, 11) is 1.61. The van der Waals surface area contributed by atoms with Crippen molar-refractivity contribution in [2.75, 3.05) is 7.11 Å². The first-order chi connectivity index (χ1) is 13.8. The molecule has 6 nitrogen and oxygen atoms in total. The van der Waals surface area contributed by atoms with Crippen molar-refractivity contribution in [2.45, 2.75) is 65.8 Å². The number of thiazole rings is 1. The highest BCUT2D eigenvalue weighted by atomic mass is 32.1. The molecule has 3 rings (SSSR count). The highest BCUT2D eigenvalue weighted by molar-refractivity contribution is 7.09. The number of carbonyl (C=O) groups excluding carboxylic acids is 1. The van der Waals surface area contributed by atoms with Gasteiger partial charge in [-0.25, -0.2) is 4.98 Å². The number of methoxy groups -OCH3 is 1. The number of carbonyl (C=O) groups is 1. The van der Waals surface area contributed by atoms with E-state index in [9.17, 15) is 4.79 Å². The summed E-state index contributed by atoms with van der Waals surface area (Å²) < 4.78 is 11.4. The molecule has 0 radical (unpaired) electrons. The molecule has 0 saturated heterocycles. The number of hydrogen-bond acceptors (Lipinski definition) is 6. The van der Waals surface area contributed by atoms with Crippen molar-refractivity contribution < 1.29 is 19.4 Å². The Morgan fingerprint density at radius 1 is 1.31 bits per heavy atom. The first kappa shape index (κ1) is 21.6. The number of aromatic nitrogens is 1. The Morgan fingerprint density at radius 2 is 2.07 bits per heavy atom. The highest BCUT2D eigenvalue weighted by Gasteiger charge is 2.34. The van der Waals surface area contributed by atoms with Crippen LogP contribution in [0.5, 0.6) is 11.5 Å². The number of ether oxygens (including phenoxy) is 2. The van der Waals surface area contributed by atoms with Crippen LogP contribution in [0.15, 0.2) is 23.6 Å². The molecule has 0 atom stereocenters. The second kappa shape index (κ2) is 9.13. The molecule has 0 spiro atoms. The molecule has 1 fully saturated rings. The third kappa shape index (κ3) is 6.18. The fraction of sp³-hybridized carbons (Fsp3) is 0.545. The van der Waals surface area contributed by atoms with E-state index >= 15 is 0 Å². The lowest BCUT2D eigenvalue weighted by Gasteiger charge is -2.27. The van der Waals surface area contributed by atoms with Crippen molar-refractivity contribution in [3.63, 3.8) is 0 Å². The summed E-state index contributed by atoms with van der Waals surface area (Å²) in [6.45, 7) is 7.09. The lowest BCUT2D eigenvalue weighted by Crippen LogP contribution is -2.34. The fourth-order valence-corrected chi connectivity index (χ4v) is 3.81. The second-order valence-electron chi connectivity index (χ2n) is 8.65. The minimum atomic E-state index is -0.0745. The summed E-state index contributed by atoms with van der Waals surface area (Å²) in [6, 6.07) is 6.16. The van der Waals surface area contributed by atoms with Gasteiger partial charge in [0.05, 0.1) is 19.4 Å². The van der Waals surface area contributed by atoms with Crippen molar-refractivity contribution in [2.24, 2.45) is 5.41 Å². The van der Waals surface area contributed by atoms with Crippen molar-refractivity contribution in [1.82, 2.24) is 9.88 Å². The van der Waals surface area contributed by atoms with Crippen LogP contribution < -0.4 is 9.47 Å². The van der Waals surface area contributed by atoms with Crippen LogP contribution in [-0.4, -0.2) is 34.0 Å². The maximum atomic E-state index is 12.8. The van der Waals surface area contributed by atoms with Gasteiger partial charge in [-0.05, 0) is 36.0 Å². The fourth-order valence-electron chi connectivity index (χ4n) is 3.12. The Bertz CT molecular complexity index is 840. The smallest absolute Gasteiger partial charge is 0.223 e. The zero-order valence-corrected chi connectivity index (χ0v) is 18.4. The molecule has 2 aromatic rings. The zero-order chi connectivity index (χ0) is 21.0. The minimum Gasteiger partial charge on any atom is -0.493 e. The molecule has 1 aliphatic carbocycles. The number of hydrogen-bond donors (Lipinski definition) is 1. The van der Waals surface area contributed by atoms with Gasteiger partial charge in [-0.15, -0.1) is 11.3 Å². The third-order valence-electron chi connectivity index (χ3n) is 4.68. The average Bonchev–Trinajstić information content (AvgIpc) is 3.40. The molecule has 1 amide bonds. The largest absolute Gasteiger partial charge is 0.493 e. The molecule has 0 aliphatic heterocycles. The lowest BCUT2D eigenvalue weighted by molar-refractivity contribution is -0.134. The third-order valence-corrected chi connectivity index (χ3v) is 5.55. The van der Waals surface area contributed by atoms with E-state index in [2.05, 4.69) is 25.8 Å². The van der Waals surface area contributed by atoms with Gasteiger partial charge in [-0.3, -0.25) is 4.79 Å². The number of rotatable bonds is 9. The predicted octanol–water partition coefficient (Wildman–Crippen LogP) is 4.15. The van der Waals surface area contributed by atoms with Gasteiger partial charge < -0.3 is 19.5 Å². The molecule has 1 aliphatic rings. The van der Waals surface area contributed by atoms with Gasteiger partial charge in [-0.1, -0.05) is 26.8 Å². The van der Waals surface area contributed by atoms with Crippen molar-refractivity contribution >= 4 is 17.2 Å². The Balaban J connectivity index is 1.71. The van der Waals surface area contributed by atoms with Crippen LogP contribution in [-0.2, 0) is 24.6 Å². The van der Waals surface area contributed by atoms with E-state index in [1.807, 2.05) is 28.5 Å². The molecular formula is C22H30N2O4S. The number of nitrogens with zero attached hydrogens (tertiary/aromatic N) is 2. The summed E-state index contributed by atoms with van der Waals surface area (Å²) in [4.78, 5) is 19.2. The van der Waals surface area contributed by atoms with Crippen molar-refractivity contribution in [3.05, 3.63) is 39.8 Å². The predicted molar refractivity (Wildman–Crippen MR) is 113 cm³/mol. The van der Waals surface area contributed by atoms with Crippen molar-refractivity contribution in [1.29, 1.82) is 0 Å². The molecule has 1 aromatic carbocycles. The van der Waals surface area contributed by atoms with E-state index in [1.54, 1.807) is 7.11 Å². The molecule has 0 bridgehead atoms. The van der Waals surface area contributed by atoms with Crippen LogP contribution in [0.25, 0.3) is 0 Å². The Morgan fingerprint density at radius 3 is 2.66 bits per heavy atom. The van der Waals surface area contributed by atoms with E-state index < -0.39 is 0 Å². The lowest BCUT2D eigenvalue weighted by atomic mass is 9.91. The van der Waals surface area contributed by atoms with Crippen molar-refractivity contribution in [3.8, 4) is 11.5 Å². The van der Waals surface area contributed by atoms with Crippen LogP contribution in [0.1, 0.15) is 56.3 Å². The van der Waals surface area contributed by atoms with Gasteiger partial charge in [-0.2, -0.15) is 0 Å². The minimum absolute atomic E-state index is 0.0282. The van der Waals surface area contributed by atoms with Crippen LogP contribution in [0.4, 0.5) is 0 Å². The highest BCUT2D eigenvalue weighted by Crippen LogP contribution is 2.34. The van der Waals surface area contributed by atoms with E-state index in [1.165, 1.54) is 11.3 Å². The molecule has 158 valence electrons. The Hall–Kier alpha value is -2.12. The normalized spacial score (nSPS) is 14.0.